The van der Waals surface area contributed by atoms with Gasteiger partial charge in [-0.2, -0.15) is 8.42 Å². The van der Waals surface area contributed by atoms with Crippen molar-refractivity contribution in [2.75, 3.05) is 0 Å². The van der Waals surface area contributed by atoms with E-state index >= 15 is 0 Å². The van der Waals surface area contributed by atoms with Gasteiger partial charge in [-0.25, -0.2) is 5.14 Å². The van der Waals surface area contributed by atoms with Crippen molar-refractivity contribution in [3.63, 3.8) is 0 Å². The highest BCUT2D eigenvalue weighted by molar-refractivity contribution is 7.83. The van der Waals surface area contributed by atoms with Crippen molar-refractivity contribution < 1.29 is 17.4 Å². The zero-order chi connectivity index (χ0) is 16.2. The van der Waals surface area contributed by atoms with Crippen LogP contribution in [0.3, 0.4) is 0 Å². The van der Waals surface area contributed by atoms with Crippen LogP contribution in [0.5, 0.6) is 0 Å². The lowest BCUT2D eigenvalue weighted by Gasteiger charge is -2.01. The van der Waals surface area contributed by atoms with Gasteiger partial charge in [-0.15, -0.1) is 0 Å². The molecule has 3 rings (SSSR count). The van der Waals surface area contributed by atoms with Crippen LogP contribution >= 0.6 is 0 Å². The Hall–Kier alpha value is -2.48. The molecule has 0 aliphatic heterocycles. The lowest BCUT2D eigenvalue weighted by atomic mass is 10.1. The van der Waals surface area contributed by atoms with Crippen molar-refractivity contribution in [2.24, 2.45) is 5.14 Å². The molecular formula is C15H13NO5S. The maximum Gasteiger partial charge on any atom is 0.330 e. The van der Waals surface area contributed by atoms with E-state index in [2.05, 4.69) is 5.14 Å². The summed E-state index contributed by atoms with van der Waals surface area (Å²) in [6.45, 7) is 0. The SMILES string of the molecule is NS(=O)(=O)O.O=c1c(-c2ccccc2)coc2ccccc12. The van der Waals surface area contributed by atoms with E-state index in [0.29, 0.717) is 16.5 Å². The number of para-hydroxylation sites is 1. The Balaban J connectivity index is 0.000000309. The zero-order valence-electron chi connectivity index (χ0n) is 11.3. The first-order valence-electron chi connectivity index (χ1n) is 6.17. The maximum atomic E-state index is 12.3. The van der Waals surface area contributed by atoms with Crippen molar-refractivity contribution in [2.45, 2.75) is 0 Å². The Bertz CT molecular complexity index is 925. The summed E-state index contributed by atoms with van der Waals surface area (Å²) < 4.78 is 30.7. The summed E-state index contributed by atoms with van der Waals surface area (Å²) in [4.78, 5) is 12.3. The molecule has 3 N–H and O–H groups in total. The van der Waals surface area contributed by atoms with Crippen LogP contribution in [0.15, 0.2) is 70.1 Å². The minimum Gasteiger partial charge on any atom is -0.463 e. The molecule has 0 amide bonds. The Kier molecular flexibility index (Phi) is 4.71. The summed E-state index contributed by atoms with van der Waals surface area (Å²) >= 11 is 0. The van der Waals surface area contributed by atoms with Gasteiger partial charge in [-0.1, -0.05) is 42.5 Å². The highest BCUT2D eigenvalue weighted by Crippen LogP contribution is 2.18. The highest BCUT2D eigenvalue weighted by atomic mass is 32.2. The molecule has 0 saturated carbocycles. The van der Waals surface area contributed by atoms with Gasteiger partial charge in [0.25, 0.3) is 0 Å². The number of fused-ring (bicyclic) bond motifs is 1. The van der Waals surface area contributed by atoms with Crippen LogP contribution < -0.4 is 10.6 Å². The van der Waals surface area contributed by atoms with Gasteiger partial charge in [0.2, 0.25) is 0 Å². The van der Waals surface area contributed by atoms with Crippen LogP contribution in [0.4, 0.5) is 0 Å². The van der Waals surface area contributed by atoms with Gasteiger partial charge in [0.15, 0.2) is 5.43 Å². The summed E-state index contributed by atoms with van der Waals surface area (Å²) in [6, 6.07) is 16.8. The quantitative estimate of drug-likeness (QED) is 0.668. The molecule has 0 fully saturated rings. The summed E-state index contributed by atoms with van der Waals surface area (Å²) in [6.07, 6.45) is 1.53. The van der Waals surface area contributed by atoms with Gasteiger partial charge in [0, 0.05) is 0 Å². The molecule has 0 radical (unpaired) electrons. The lowest BCUT2D eigenvalue weighted by molar-refractivity contribution is 0.485. The summed E-state index contributed by atoms with van der Waals surface area (Å²) in [5.74, 6) is 0. The molecule has 0 atom stereocenters. The molecule has 0 aliphatic rings. The molecular weight excluding hydrogens is 306 g/mol. The topological polar surface area (TPSA) is 111 Å². The molecule has 0 saturated heterocycles. The number of benzene rings is 2. The molecule has 22 heavy (non-hydrogen) atoms. The highest BCUT2D eigenvalue weighted by Gasteiger charge is 2.07. The minimum absolute atomic E-state index is 0.0121. The molecule has 2 aromatic carbocycles. The van der Waals surface area contributed by atoms with E-state index in [4.69, 9.17) is 17.4 Å². The predicted molar refractivity (Wildman–Crippen MR) is 83.7 cm³/mol. The number of hydrogen-bond acceptors (Lipinski definition) is 4. The summed E-state index contributed by atoms with van der Waals surface area (Å²) in [5.41, 5.74) is 2.12. The van der Waals surface area contributed by atoms with Crippen molar-refractivity contribution in [3.8, 4) is 11.1 Å². The number of hydrogen-bond donors (Lipinski definition) is 2. The minimum atomic E-state index is -4.17. The van der Waals surface area contributed by atoms with Gasteiger partial charge in [-0.3, -0.25) is 9.35 Å². The Morgan fingerprint density at radius 3 is 2.14 bits per heavy atom. The molecule has 0 bridgehead atoms. The van der Waals surface area contributed by atoms with Gasteiger partial charge in [0.1, 0.15) is 11.8 Å². The fraction of sp³-hybridized carbons (Fsp3) is 0. The van der Waals surface area contributed by atoms with E-state index in [-0.39, 0.29) is 5.43 Å². The maximum absolute atomic E-state index is 12.3. The molecule has 1 aromatic heterocycles. The fourth-order valence-corrected chi connectivity index (χ4v) is 1.89. The van der Waals surface area contributed by atoms with Crippen LogP contribution in [0.25, 0.3) is 22.1 Å². The van der Waals surface area contributed by atoms with E-state index in [0.717, 1.165) is 5.56 Å². The third-order valence-electron chi connectivity index (χ3n) is 2.76. The lowest BCUT2D eigenvalue weighted by Crippen LogP contribution is -2.08. The Morgan fingerprint density at radius 2 is 1.50 bits per heavy atom. The smallest absolute Gasteiger partial charge is 0.330 e. The van der Waals surface area contributed by atoms with E-state index in [9.17, 15) is 4.79 Å². The molecule has 114 valence electrons. The first kappa shape index (κ1) is 15.9. The zero-order valence-corrected chi connectivity index (χ0v) is 12.2. The molecule has 0 aliphatic carbocycles. The monoisotopic (exact) mass is 319 g/mol. The second-order valence-corrected chi connectivity index (χ2v) is 5.39. The molecule has 0 unspecified atom stereocenters. The van der Waals surface area contributed by atoms with Crippen molar-refractivity contribution in [1.29, 1.82) is 0 Å². The van der Waals surface area contributed by atoms with E-state index in [1.54, 1.807) is 12.1 Å². The third kappa shape index (κ3) is 4.26. The molecule has 6 nitrogen and oxygen atoms in total. The fourth-order valence-electron chi connectivity index (χ4n) is 1.89. The standard InChI is InChI=1S/C15H10O2.H3NO3S/c16-15-12-8-4-5-9-14(12)17-10-13(15)11-6-2-1-3-7-11;1-5(2,3)4/h1-10H;(H3,1,2,3,4). The molecule has 3 aromatic rings. The van der Waals surface area contributed by atoms with Gasteiger partial charge < -0.3 is 4.42 Å². The normalized spacial score (nSPS) is 10.8. The van der Waals surface area contributed by atoms with Gasteiger partial charge in [-0.05, 0) is 17.7 Å². The summed E-state index contributed by atoms with van der Waals surface area (Å²) in [5, 5.41) is 4.50. The number of nitrogens with two attached hydrogens (primary N) is 1. The average molecular weight is 319 g/mol. The van der Waals surface area contributed by atoms with Crippen LogP contribution in [0.1, 0.15) is 0 Å². The van der Waals surface area contributed by atoms with Crippen molar-refractivity contribution in [1.82, 2.24) is 0 Å². The first-order chi connectivity index (χ1) is 10.4. The van der Waals surface area contributed by atoms with Crippen molar-refractivity contribution >= 4 is 21.3 Å². The van der Waals surface area contributed by atoms with Gasteiger partial charge >= 0.3 is 10.3 Å². The van der Waals surface area contributed by atoms with E-state index in [1.807, 2.05) is 42.5 Å². The van der Waals surface area contributed by atoms with E-state index < -0.39 is 10.3 Å². The Morgan fingerprint density at radius 1 is 0.955 bits per heavy atom. The average Bonchev–Trinajstić information content (AvgIpc) is 2.47. The summed E-state index contributed by atoms with van der Waals surface area (Å²) in [7, 11) is -4.17. The van der Waals surface area contributed by atoms with Gasteiger partial charge in [0.05, 0.1) is 10.9 Å². The molecule has 7 heteroatoms. The van der Waals surface area contributed by atoms with Crippen LogP contribution in [-0.2, 0) is 10.3 Å². The number of rotatable bonds is 1. The predicted octanol–water partition coefficient (Wildman–Crippen LogP) is 2.21. The van der Waals surface area contributed by atoms with Crippen LogP contribution in [0, 0.1) is 0 Å². The van der Waals surface area contributed by atoms with E-state index in [1.165, 1.54) is 6.26 Å². The van der Waals surface area contributed by atoms with Crippen LogP contribution in [-0.4, -0.2) is 13.0 Å². The molecule has 1 heterocycles. The largest absolute Gasteiger partial charge is 0.463 e. The second kappa shape index (κ2) is 6.52. The van der Waals surface area contributed by atoms with Crippen LogP contribution in [0.2, 0.25) is 0 Å². The third-order valence-corrected chi connectivity index (χ3v) is 2.76. The van der Waals surface area contributed by atoms with Crippen molar-refractivity contribution in [3.05, 3.63) is 71.1 Å². The first-order valence-corrected chi connectivity index (χ1v) is 7.68. The molecule has 0 spiro atoms. The Labute approximate surface area is 126 Å². The second-order valence-electron chi connectivity index (χ2n) is 4.36.